The van der Waals surface area contributed by atoms with E-state index in [0.29, 0.717) is 11.7 Å². The highest BCUT2D eigenvalue weighted by atomic mass is 32.2. The molecule has 0 aliphatic heterocycles. The van der Waals surface area contributed by atoms with Crippen LogP contribution in [-0.2, 0) is 22.0 Å². The van der Waals surface area contributed by atoms with Crippen molar-refractivity contribution in [2.45, 2.75) is 44.6 Å². The van der Waals surface area contributed by atoms with E-state index in [1.54, 1.807) is 19.1 Å². The number of aryl methyl sites for hydroxylation is 1. The predicted molar refractivity (Wildman–Crippen MR) is 82.8 cm³/mol. The molecule has 0 spiro atoms. The molecule has 2 rings (SSSR count). The molecule has 0 N–H and O–H groups in total. The summed E-state index contributed by atoms with van der Waals surface area (Å²) in [5.41, 5.74) is 1.07. The minimum atomic E-state index is -3.58. The van der Waals surface area contributed by atoms with Gasteiger partial charge in [0.25, 0.3) is 0 Å². The number of hydrogen-bond acceptors (Lipinski definition) is 5. The van der Waals surface area contributed by atoms with Crippen molar-refractivity contribution in [3.05, 3.63) is 41.5 Å². The average molecular weight is 323 g/mol. The van der Waals surface area contributed by atoms with Crippen LogP contribution < -0.4 is 0 Å². The lowest BCUT2D eigenvalue weighted by Crippen LogP contribution is -2.27. The quantitative estimate of drug-likeness (QED) is 0.864. The molecule has 1 heterocycles. The Kier molecular flexibility index (Phi) is 4.39. The van der Waals surface area contributed by atoms with Crippen LogP contribution in [-0.4, -0.2) is 29.9 Å². The molecule has 22 heavy (non-hydrogen) atoms. The molecule has 1 aromatic heterocycles. The molecule has 0 aliphatic rings. The lowest BCUT2D eigenvalue weighted by molar-refractivity contribution is 0.377. The maximum Gasteiger partial charge on any atom is 0.243 e. The summed E-state index contributed by atoms with van der Waals surface area (Å²) in [6.07, 6.45) is 0. The summed E-state index contributed by atoms with van der Waals surface area (Å²) < 4.78 is 31.2. The van der Waals surface area contributed by atoms with Gasteiger partial charge in [-0.15, -0.1) is 0 Å². The van der Waals surface area contributed by atoms with Crippen molar-refractivity contribution in [2.24, 2.45) is 0 Å². The molecule has 120 valence electrons. The second-order valence-electron chi connectivity index (χ2n) is 6.27. The topological polar surface area (TPSA) is 76.3 Å². The number of aromatic nitrogens is 2. The summed E-state index contributed by atoms with van der Waals surface area (Å²) in [5.74, 6) is 0.755. The first-order valence-corrected chi connectivity index (χ1v) is 8.41. The molecule has 7 heteroatoms. The van der Waals surface area contributed by atoms with E-state index >= 15 is 0 Å². The van der Waals surface area contributed by atoms with E-state index in [2.05, 4.69) is 30.9 Å². The van der Waals surface area contributed by atoms with Gasteiger partial charge < -0.3 is 4.52 Å². The van der Waals surface area contributed by atoms with E-state index in [9.17, 15) is 8.42 Å². The molecule has 0 radical (unpaired) electrons. The van der Waals surface area contributed by atoms with Crippen molar-refractivity contribution >= 4 is 10.0 Å². The van der Waals surface area contributed by atoms with Gasteiger partial charge >= 0.3 is 0 Å². The highest BCUT2D eigenvalue weighted by molar-refractivity contribution is 7.89. The highest BCUT2D eigenvalue weighted by Gasteiger charge is 2.23. The molecule has 0 bridgehead atoms. The van der Waals surface area contributed by atoms with E-state index in [1.807, 2.05) is 12.1 Å². The fourth-order valence-corrected chi connectivity index (χ4v) is 3.12. The fourth-order valence-electron chi connectivity index (χ4n) is 2.00. The third-order valence-electron chi connectivity index (χ3n) is 3.36. The molecule has 1 aromatic carbocycles. The minimum absolute atomic E-state index is 0.0175. The number of sulfonamides is 1. The van der Waals surface area contributed by atoms with Gasteiger partial charge in [-0.1, -0.05) is 38.1 Å². The normalized spacial score (nSPS) is 12.8. The number of hydrogen-bond donors (Lipinski definition) is 0. The lowest BCUT2D eigenvalue weighted by Gasteiger charge is -2.20. The van der Waals surface area contributed by atoms with Crippen molar-refractivity contribution in [3.63, 3.8) is 0 Å². The first-order valence-electron chi connectivity index (χ1n) is 6.97. The molecule has 0 atom stereocenters. The molecule has 2 aromatic rings. The van der Waals surface area contributed by atoms with E-state index in [0.717, 1.165) is 5.56 Å². The van der Waals surface area contributed by atoms with E-state index in [-0.39, 0.29) is 16.9 Å². The molecular formula is C15H21N3O3S. The summed E-state index contributed by atoms with van der Waals surface area (Å²) >= 11 is 0. The first kappa shape index (κ1) is 16.6. The zero-order valence-corrected chi connectivity index (χ0v) is 14.3. The maximum atomic E-state index is 12.5. The van der Waals surface area contributed by atoms with Crippen LogP contribution in [0.3, 0.4) is 0 Å². The molecule has 6 nitrogen and oxygen atoms in total. The van der Waals surface area contributed by atoms with E-state index in [1.165, 1.54) is 11.4 Å². The largest absolute Gasteiger partial charge is 0.340 e. The Morgan fingerprint density at radius 1 is 1.18 bits per heavy atom. The van der Waals surface area contributed by atoms with Crippen molar-refractivity contribution in [1.82, 2.24) is 14.4 Å². The van der Waals surface area contributed by atoms with Crippen LogP contribution >= 0.6 is 0 Å². The van der Waals surface area contributed by atoms with Crippen LogP contribution in [0.5, 0.6) is 0 Å². The Bertz CT molecular complexity index is 743. The Morgan fingerprint density at radius 3 is 2.23 bits per heavy atom. The molecule has 0 aliphatic carbocycles. The van der Waals surface area contributed by atoms with Crippen molar-refractivity contribution in [3.8, 4) is 0 Å². The zero-order chi connectivity index (χ0) is 16.5. The van der Waals surface area contributed by atoms with Crippen molar-refractivity contribution in [2.75, 3.05) is 7.05 Å². The van der Waals surface area contributed by atoms with Crippen LogP contribution in [0.1, 0.15) is 38.0 Å². The smallest absolute Gasteiger partial charge is 0.243 e. The minimum Gasteiger partial charge on any atom is -0.340 e. The number of nitrogens with zero attached hydrogens (tertiary/aromatic N) is 3. The van der Waals surface area contributed by atoms with Crippen LogP contribution in [0.25, 0.3) is 0 Å². The second kappa shape index (κ2) is 5.81. The standard InChI is InChI=1S/C15H21N3O3S/c1-11-16-14(17-21-11)10-18(5)22(19,20)13-8-6-12(7-9-13)15(2,3)4/h6-9H,10H2,1-5H3. The van der Waals surface area contributed by atoms with Crippen molar-refractivity contribution < 1.29 is 12.9 Å². The highest BCUT2D eigenvalue weighted by Crippen LogP contribution is 2.24. The monoisotopic (exact) mass is 323 g/mol. The molecule has 0 amide bonds. The third-order valence-corrected chi connectivity index (χ3v) is 5.18. The van der Waals surface area contributed by atoms with Gasteiger partial charge in [0.05, 0.1) is 11.4 Å². The summed E-state index contributed by atoms with van der Waals surface area (Å²) in [6, 6.07) is 6.96. The Morgan fingerprint density at radius 2 is 1.77 bits per heavy atom. The summed E-state index contributed by atoms with van der Waals surface area (Å²) in [7, 11) is -2.08. The van der Waals surface area contributed by atoms with Gasteiger partial charge in [0.15, 0.2) is 5.82 Å². The van der Waals surface area contributed by atoms with Gasteiger partial charge in [0, 0.05) is 14.0 Å². The summed E-state index contributed by atoms with van der Waals surface area (Å²) in [6.45, 7) is 7.99. The molecule has 0 saturated carbocycles. The summed E-state index contributed by atoms with van der Waals surface area (Å²) in [5, 5.41) is 3.72. The Hall–Kier alpha value is -1.73. The number of benzene rings is 1. The number of rotatable bonds is 4. The van der Waals surface area contributed by atoms with Gasteiger partial charge in [-0.25, -0.2) is 8.42 Å². The second-order valence-corrected chi connectivity index (χ2v) is 8.31. The fraction of sp³-hybridized carbons (Fsp3) is 0.467. The van der Waals surface area contributed by atoms with Gasteiger partial charge in [-0.05, 0) is 23.1 Å². The Balaban J connectivity index is 2.22. The molecule has 0 saturated heterocycles. The Labute approximate surface area is 131 Å². The first-order chi connectivity index (χ1) is 10.1. The summed E-state index contributed by atoms with van der Waals surface area (Å²) in [4.78, 5) is 4.27. The van der Waals surface area contributed by atoms with Crippen LogP contribution in [0, 0.1) is 6.92 Å². The lowest BCUT2D eigenvalue weighted by atomic mass is 9.87. The SMILES string of the molecule is Cc1nc(CN(C)S(=O)(=O)c2ccc(C(C)(C)C)cc2)no1. The zero-order valence-electron chi connectivity index (χ0n) is 13.5. The average Bonchev–Trinajstić information content (AvgIpc) is 2.83. The van der Waals surface area contributed by atoms with Crippen LogP contribution in [0.15, 0.2) is 33.7 Å². The van der Waals surface area contributed by atoms with Gasteiger partial charge in [0.1, 0.15) is 0 Å². The van der Waals surface area contributed by atoms with E-state index < -0.39 is 10.0 Å². The molecular weight excluding hydrogens is 302 g/mol. The van der Waals surface area contributed by atoms with Gasteiger partial charge in [0.2, 0.25) is 15.9 Å². The molecule has 0 fully saturated rings. The van der Waals surface area contributed by atoms with E-state index in [4.69, 9.17) is 4.52 Å². The van der Waals surface area contributed by atoms with Gasteiger partial charge in [-0.2, -0.15) is 9.29 Å². The van der Waals surface area contributed by atoms with Crippen molar-refractivity contribution in [1.29, 1.82) is 0 Å². The van der Waals surface area contributed by atoms with Crippen LogP contribution in [0.2, 0.25) is 0 Å². The van der Waals surface area contributed by atoms with Crippen LogP contribution in [0.4, 0.5) is 0 Å². The molecule has 0 unspecified atom stereocenters. The maximum absolute atomic E-state index is 12.5. The third kappa shape index (κ3) is 3.53. The predicted octanol–water partition coefficient (Wildman–Crippen LogP) is 2.50. The van der Waals surface area contributed by atoms with Gasteiger partial charge in [-0.3, -0.25) is 0 Å².